The van der Waals surface area contributed by atoms with Crippen LogP contribution in [0.4, 0.5) is 0 Å². The van der Waals surface area contributed by atoms with Crippen molar-refractivity contribution in [3.05, 3.63) is 23.7 Å². The summed E-state index contributed by atoms with van der Waals surface area (Å²) < 4.78 is 11.2. The van der Waals surface area contributed by atoms with Crippen molar-refractivity contribution in [2.45, 2.75) is 46.8 Å². The van der Waals surface area contributed by atoms with E-state index in [0.717, 1.165) is 43.6 Å². The van der Waals surface area contributed by atoms with Crippen LogP contribution in [0, 0.1) is 5.92 Å². The Morgan fingerprint density at radius 3 is 2.76 bits per heavy atom. The molecule has 0 saturated heterocycles. The number of nitrogens with one attached hydrogen (secondary N) is 1. The second-order valence-corrected chi connectivity index (χ2v) is 4.74. The second-order valence-electron chi connectivity index (χ2n) is 4.74. The highest BCUT2D eigenvalue weighted by Crippen LogP contribution is 2.10. The molecule has 98 valence electrons. The first-order valence-electron chi connectivity index (χ1n) is 6.58. The minimum atomic E-state index is 0.588. The van der Waals surface area contributed by atoms with Crippen LogP contribution in [-0.2, 0) is 17.9 Å². The minimum Gasteiger partial charge on any atom is -0.462 e. The molecular weight excluding hydrogens is 214 g/mol. The van der Waals surface area contributed by atoms with Crippen LogP contribution in [-0.4, -0.2) is 13.2 Å². The maximum absolute atomic E-state index is 5.63. The van der Waals surface area contributed by atoms with Crippen LogP contribution >= 0.6 is 0 Å². The molecule has 1 aromatic rings. The zero-order valence-electron chi connectivity index (χ0n) is 11.3. The summed E-state index contributed by atoms with van der Waals surface area (Å²) in [7, 11) is 0. The highest BCUT2D eigenvalue weighted by molar-refractivity contribution is 5.06. The van der Waals surface area contributed by atoms with Crippen LogP contribution in [0.3, 0.4) is 0 Å². The normalized spacial score (nSPS) is 11.3. The number of hydrogen-bond donors (Lipinski definition) is 1. The zero-order chi connectivity index (χ0) is 12.5. The number of hydrogen-bond acceptors (Lipinski definition) is 3. The molecule has 1 N–H and O–H groups in total. The van der Waals surface area contributed by atoms with Gasteiger partial charge in [-0.2, -0.15) is 0 Å². The Bertz CT molecular complexity index is 294. The Labute approximate surface area is 105 Å². The van der Waals surface area contributed by atoms with Gasteiger partial charge in [0.25, 0.3) is 0 Å². The Balaban J connectivity index is 2.12. The molecule has 0 aliphatic rings. The van der Waals surface area contributed by atoms with Crippen molar-refractivity contribution in [2.75, 3.05) is 13.2 Å². The summed E-state index contributed by atoms with van der Waals surface area (Å²) in [5.74, 6) is 2.66. The van der Waals surface area contributed by atoms with Crippen LogP contribution in [0.15, 0.2) is 16.5 Å². The van der Waals surface area contributed by atoms with Gasteiger partial charge in [0.15, 0.2) is 0 Å². The molecule has 3 heteroatoms. The maximum atomic E-state index is 5.63. The van der Waals surface area contributed by atoms with E-state index in [0.29, 0.717) is 6.61 Å². The van der Waals surface area contributed by atoms with Crippen molar-refractivity contribution in [2.24, 2.45) is 5.92 Å². The molecule has 17 heavy (non-hydrogen) atoms. The third-order valence-electron chi connectivity index (χ3n) is 2.58. The first kappa shape index (κ1) is 14.3. The average Bonchev–Trinajstić information content (AvgIpc) is 2.73. The summed E-state index contributed by atoms with van der Waals surface area (Å²) in [6.45, 7) is 9.72. The maximum Gasteiger partial charge on any atom is 0.129 e. The smallest absolute Gasteiger partial charge is 0.129 e. The van der Waals surface area contributed by atoms with E-state index in [1.54, 1.807) is 0 Å². The lowest BCUT2D eigenvalue weighted by atomic mass is 10.1. The Morgan fingerprint density at radius 1 is 1.29 bits per heavy atom. The predicted molar refractivity (Wildman–Crippen MR) is 69.8 cm³/mol. The largest absolute Gasteiger partial charge is 0.462 e. The lowest BCUT2D eigenvalue weighted by Gasteiger charge is -2.04. The van der Waals surface area contributed by atoms with E-state index < -0.39 is 0 Å². The lowest BCUT2D eigenvalue weighted by molar-refractivity contribution is 0.0998. The molecule has 1 aromatic heterocycles. The van der Waals surface area contributed by atoms with Crippen LogP contribution in [0.2, 0.25) is 0 Å². The molecule has 1 heterocycles. The quantitative estimate of drug-likeness (QED) is 0.671. The predicted octanol–water partition coefficient (Wildman–Crippen LogP) is 3.34. The highest BCUT2D eigenvalue weighted by atomic mass is 16.5. The molecule has 0 bridgehead atoms. The van der Waals surface area contributed by atoms with E-state index >= 15 is 0 Å². The molecule has 0 spiro atoms. The molecule has 0 fully saturated rings. The van der Waals surface area contributed by atoms with Gasteiger partial charge in [-0.15, -0.1) is 0 Å². The molecular formula is C14H25NO2. The molecule has 0 aliphatic heterocycles. The fourth-order valence-corrected chi connectivity index (χ4v) is 1.61. The Kier molecular flexibility index (Phi) is 6.97. The number of rotatable bonds is 9. The minimum absolute atomic E-state index is 0.588. The summed E-state index contributed by atoms with van der Waals surface area (Å²) in [6, 6.07) is 4.00. The van der Waals surface area contributed by atoms with Gasteiger partial charge >= 0.3 is 0 Å². The first-order valence-corrected chi connectivity index (χ1v) is 6.58. The van der Waals surface area contributed by atoms with E-state index in [-0.39, 0.29) is 0 Å². The standard InChI is InChI=1S/C14H25NO2/c1-4-15-10-13-7-8-14(17-13)11-16-9-5-6-12(2)3/h7-8,12,15H,4-6,9-11H2,1-3H3. The number of ether oxygens (including phenoxy) is 1. The van der Waals surface area contributed by atoms with Gasteiger partial charge in [0.2, 0.25) is 0 Å². The first-order chi connectivity index (χ1) is 8.22. The van der Waals surface area contributed by atoms with Crippen LogP contribution in [0.1, 0.15) is 45.1 Å². The Morgan fingerprint density at radius 2 is 2.06 bits per heavy atom. The second kappa shape index (κ2) is 8.31. The van der Waals surface area contributed by atoms with E-state index in [1.807, 2.05) is 12.1 Å². The Hall–Kier alpha value is -0.800. The molecule has 0 amide bonds. The van der Waals surface area contributed by atoms with Gasteiger partial charge in [-0.05, 0) is 37.4 Å². The van der Waals surface area contributed by atoms with Gasteiger partial charge in [-0.1, -0.05) is 20.8 Å². The topological polar surface area (TPSA) is 34.4 Å². The van der Waals surface area contributed by atoms with Gasteiger partial charge in [-0.3, -0.25) is 0 Å². The van der Waals surface area contributed by atoms with Crippen molar-refractivity contribution in [3.8, 4) is 0 Å². The average molecular weight is 239 g/mol. The monoisotopic (exact) mass is 239 g/mol. The fourth-order valence-electron chi connectivity index (χ4n) is 1.61. The summed E-state index contributed by atoms with van der Waals surface area (Å²) in [4.78, 5) is 0. The third kappa shape index (κ3) is 6.49. The molecule has 1 rings (SSSR count). The molecule has 0 unspecified atom stereocenters. The molecule has 0 saturated carbocycles. The zero-order valence-corrected chi connectivity index (χ0v) is 11.3. The molecule has 0 aliphatic carbocycles. The summed E-state index contributed by atoms with van der Waals surface area (Å²) in [5.41, 5.74) is 0. The van der Waals surface area contributed by atoms with Crippen LogP contribution < -0.4 is 5.32 Å². The fraction of sp³-hybridized carbons (Fsp3) is 0.714. The SMILES string of the molecule is CCNCc1ccc(COCCCC(C)C)o1. The van der Waals surface area contributed by atoms with Crippen molar-refractivity contribution < 1.29 is 9.15 Å². The number of furan rings is 1. The van der Waals surface area contributed by atoms with Gasteiger partial charge in [0.05, 0.1) is 6.54 Å². The van der Waals surface area contributed by atoms with Gasteiger partial charge in [0.1, 0.15) is 18.1 Å². The van der Waals surface area contributed by atoms with E-state index in [1.165, 1.54) is 6.42 Å². The molecule has 0 aromatic carbocycles. The van der Waals surface area contributed by atoms with Crippen molar-refractivity contribution in [3.63, 3.8) is 0 Å². The van der Waals surface area contributed by atoms with Crippen LogP contribution in [0.25, 0.3) is 0 Å². The van der Waals surface area contributed by atoms with E-state index in [9.17, 15) is 0 Å². The van der Waals surface area contributed by atoms with Crippen molar-refractivity contribution in [1.82, 2.24) is 5.32 Å². The van der Waals surface area contributed by atoms with Crippen molar-refractivity contribution >= 4 is 0 Å². The summed E-state index contributed by atoms with van der Waals surface area (Å²) in [6.07, 6.45) is 2.35. The molecule has 3 nitrogen and oxygen atoms in total. The highest BCUT2D eigenvalue weighted by Gasteiger charge is 2.01. The van der Waals surface area contributed by atoms with Gasteiger partial charge < -0.3 is 14.5 Å². The summed E-state index contributed by atoms with van der Waals surface area (Å²) in [5, 5.41) is 3.23. The van der Waals surface area contributed by atoms with Gasteiger partial charge in [-0.25, -0.2) is 0 Å². The molecule has 0 radical (unpaired) electrons. The van der Waals surface area contributed by atoms with E-state index in [2.05, 4.69) is 26.1 Å². The van der Waals surface area contributed by atoms with E-state index in [4.69, 9.17) is 9.15 Å². The molecule has 0 atom stereocenters. The van der Waals surface area contributed by atoms with Crippen molar-refractivity contribution in [1.29, 1.82) is 0 Å². The third-order valence-corrected chi connectivity index (χ3v) is 2.58. The van der Waals surface area contributed by atoms with Crippen LogP contribution in [0.5, 0.6) is 0 Å². The lowest BCUT2D eigenvalue weighted by Crippen LogP contribution is -2.10. The van der Waals surface area contributed by atoms with Gasteiger partial charge in [0, 0.05) is 6.61 Å². The summed E-state index contributed by atoms with van der Waals surface area (Å²) >= 11 is 0.